The highest BCUT2D eigenvalue weighted by Gasteiger charge is 2.14. The summed E-state index contributed by atoms with van der Waals surface area (Å²) >= 11 is 6.04. The van der Waals surface area contributed by atoms with Gasteiger partial charge in [-0.15, -0.1) is 0 Å². The van der Waals surface area contributed by atoms with Gasteiger partial charge in [0.1, 0.15) is 5.76 Å². The monoisotopic (exact) mass is 299 g/mol. The minimum atomic E-state index is -0.000103. The van der Waals surface area contributed by atoms with Crippen LogP contribution in [0, 0.1) is 6.92 Å². The van der Waals surface area contributed by atoms with Crippen molar-refractivity contribution in [2.24, 2.45) is 0 Å². The molecule has 0 saturated carbocycles. The van der Waals surface area contributed by atoms with Crippen molar-refractivity contribution in [2.45, 2.75) is 13.8 Å². The number of nitrogens with one attached hydrogen (secondary N) is 1. The van der Waals surface area contributed by atoms with Gasteiger partial charge in [-0.25, -0.2) is 0 Å². The number of carbonyl (C=O) groups excluding carboxylic acids is 1. The first-order valence-corrected chi connectivity index (χ1v) is 6.99. The molecule has 1 aromatic carbocycles. The highest BCUT2D eigenvalue weighted by Crippen LogP contribution is 2.33. The van der Waals surface area contributed by atoms with Crippen LogP contribution in [0.3, 0.4) is 0 Å². The predicted molar refractivity (Wildman–Crippen MR) is 85.5 cm³/mol. The molecule has 3 aromatic rings. The molecule has 3 nitrogen and oxygen atoms in total. The zero-order valence-corrected chi connectivity index (χ0v) is 12.5. The average molecular weight is 300 g/mol. The second-order valence-corrected chi connectivity index (χ2v) is 5.39. The summed E-state index contributed by atoms with van der Waals surface area (Å²) in [7, 11) is 0. The van der Waals surface area contributed by atoms with Crippen molar-refractivity contribution in [2.75, 3.05) is 0 Å². The molecule has 21 heavy (non-hydrogen) atoms. The highest BCUT2D eigenvalue weighted by atomic mass is 35.5. The number of H-pyrrole nitrogens is 1. The summed E-state index contributed by atoms with van der Waals surface area (Å²) in [5, 5.41) is 1.66. The van der Waals surface area contributed by atoms with Crippen molar-refractivity contribution in [3.8, 4) is 11.5 Å². The third kappa shape index (κ3) is 2.65. The molecule has 0 aliphatic heterocycles. The minimum Gasteiger partial charge on any atom is -0.460 e. The molecule has 0 unspecified atom stereocenters. The van der Waals surface area contributed by atoms with E-state index >= 15 is 0 Å². The van der Waals surface area contributed by atoms with Gasteiger partial charge < -0.3 is 9.40 Å². The van der Waals surface area contributed by atoms with E-state index in [2.05, 4.69) is 4.98 Å². The normalized spacial score (nSPS) is 11.6. The molecule has 2 heterocycles. The van der Waals surface area contributed by atoms with Gasteiger partial charge in [-0.05, 0) is 50.3 Å². The summed E-state index contributed by atoms with van der Waals surface area (Å²) in [6.45, 7) is 3.42. The lowest BCUT2D eigenvalue weighted by atomic mass is 10.1. The van der Waals surface area contributed by atoms with Crippen LogP contribution in [0.5, 0.6) is 0 Å². The molecule has 106 valence electrons. The molecule has 0 fully saturated rings. The van der Waals surface area contributed by atoms with Crippen LogP contribution in [-0.2, 0) is 4.79 Å². The maximum atomic E-state index is 11.2. The van der Waals surface area contributed by atoms with Gasteiger partial charge in [0.15, 0.2) is 11.5 Å². The first kappa shape index (κ1) is 13.7. The highest BCUT2D eigenvalue weighted by molar-refractivity contribution is 6.31. The fourth-order valence-electron chi connectivity index (χ4n) is 2.33. The molecular weight excluding hydrogens is 286 g/mol. The molecular formula is C17H14ClNO2. The number of aryl methyl sites for hydroxylation is 1. The molecule has 0 radical (unpaired) electrons. The average Bonchev–Trinajstić information content (AvgIpc) is 2.99. The number of benzene rings is 1. The van der Waals surface area contributed by atoms with E-state index < -0.39 is 0 Å². The van der Waals surface area contributed by atoms with Crippen LogP contribution in [0.1, 0.15) is 18.2 Å². The Balaban J connectivity index is 2.26. The molecule has 0 atom stereocenters. The van der Waals surface area contributed by atoms with Crippen LogP contribution in [-0.4, -0.2) is 10.8 Å². The molecule has 4 heteroatoms. The molecule has 0 aliphatic rings. The van der Waals surface area contributed by atoms with Crippen molar-refractivity contribution in [1.82, 2.24) is 4.98 Å². The summed E-state index contributed by atoms with van der Waals surface area (Å²) in [5.74, 6) is 1.58. The van der Waals surface area contributed by atoms with Gasteiger partial charge in [0.05, 0.1) is 5.69 Å². The van der Waals surface area contributed by atoms with Crippen LogP contribution in [0.25, 0.3) is 28.4 Å². The number of hydrogen-bond donors (Lipinski definition) is 1. The van der Waals surface area contributed by atoms with Crippen LogP contribution >= 0.6 is 11.6 Å². The van der Waals surface area contributed by atoms with Crippen molar-refractivity contribution in [3.05, 3.63) is 52.8 Å². The number of hydrogen-bond acceptors (Lipinski definition) is 2. The summed E-state index contributed by atoms with van der Waals surface area (Å²) in [5.41, 5.74) is 2.68. The number of aromatic amines is 1. The lowest BCUT2D eigenvalue weighted by Gasteiger charge is -1.97. The molecule has 0 aliphatic carbocycles. The maximum Gasteiger partial charge on any atom is 0.152 e. The molecule has 3 rings (SSSR count). The van der Waals surface area contributed by atoms with E-state index in [1.54, 1.807) is 6.08 Å². The quantitative estimate of drug-likeness (QED) is 0.692. The standard InChI is InChI=1S/C17H14ClNO2/c1-10(20)3-6-14-13-7-5-12(18)9-15(13)19-17(14)16-8-4-11(2)21-16/h3-9,19H,1-2H3. The Hall–Kier alpha value is -2.26. The van der Waals surface area contributed by atoms with Crippen LogP contribution in [0.4, 0.5) is 0 Å². The third-order valence-electron chi connectivity index (χ3n) is 3.27. The summed E-state index contributed by atoms with van der Waals surface area (Å²) in [6.07, 6.45) is 3.36. The number of ketones is 1. The van der Waals surface area contributed by atoms with Gasteiger partial charge >= 0.3 is 0 Å². The van der Waals surface area contributed by atoms with Gasteiger partial charge in [-0.3, -0.25) is 4.79 Å². The number of furan rings is 1. The van der Waals surface area contributed by atoms with Crippen molar-refractivity contribution >= 4 is 34.4 Å². The van der Waals surface area contributed by atoms with E-state index in [-0.39, 0.29) is 5.78 Å². The van der Waals surface area contributed by atoms with Gasteiger partial charge in [0.25, 0.3) is 0 Å². The molecule has 0 amide bonds. The lowest BCUT2D eigenvalue weighted by Crippen LogP contribution is -1.82. The molecule has 2 aromatic heterocycles. The zero-order chi connectivity index (χ0) is 15.0. The van der Waals surface area contributed by atoms with E-state index in [9.17, 15) is 4.79 Å². The summed E-state index contributed by atoms with van der Waals surface area (Å²) in [6, 6.07) is 9.45. The second kappa shape index (κ2) is 5.26. The molecule has 0 bridgehead atoms. The molecule has 1 N–H and O–H groups in total. The van der Waals surface area contributed by atoms with Crippen molar-refractivity contribution < 1.29 is 9.21 Å². The van der Waals surface area contributed by atoms with Crippen LogP contribution < -0.4 is 0 Å². The van der Waals surface area contributed by atoms with Gasteiger partial charge in [0, 0.05) is 21.5 Å². The first-order valence-electron chi connectivity index (χ1n) is 6.61. The summed E-state index contributed by atoms with van der Waals surface area (Å²) < 4.78 is 5.69. The zero-order valence-electron chi connectivity index (χ0n) is 11.7. The number of halogens is 1. The van der Waals surface area contributed by atoms with E-state index in [0.29, 0.717) is 5.02 Å². The van der Waals surface area contributed by atoms with Crippen LogP contribution in [0.15, 0.2) is 40.8 Å². The molecule has 0 spiro atoms. The predicted octanol–water partition coefficient (Wildman–Crippen LogP) is 4.99. The minimum absolute atomic E-state index is 0.000103. The summed E-state index contributed by atoms with van der Waals surface area (Å²) in [4.78, 5) is 14.6. The Morgan fingerprint density at radius 1 is 1.29 bits per heavy atom. The van der Waals surface area contributed by atoms with Crippen LogP contribution in [0.2, 0.25) is 5.02 Å². The first-order chi connectivity index (χ1) is 10.0. The Morgan fingerprint density at radius 2 is 2.10 bits per heavy atom. The lowest BCUT2D eigenvalue weighted by molar-refractivity contribution is -0.112. The van der Waals surface area contributed by atoms with Gasteiger partial charge in [0.2, 0.25) is 0 Å². The number of fused-ring (bicyclic) bond motifs is 1. The topological polar surface area (TPSA) is 46.0 Å². The Bertz CT molecular complexity index is 855. The smallest absolute Gasteiger partial charge is 0.152 e. The Labute approximate surface area is 127 Å². The number of aromatic nitrogens is 1. The number of carbonyl (C=O) groups is 1. The maximum absolute atomic E-state index is 11.2. The molecule has 0 saturated heterocycles. The number of rotatable bonds is 3. The Kier molecular flexibility index (Phi) is 3.43. The fraction of sp³-hybridized carbons (Fsp3) is 0.118. The van der Waals surface area contributed by atoms with Crippen molar-refractivity contribution in [3.63, 3.8) is 0 Å². The fourth-order valence-corrected chi connectivity index (χ4v) is 2.50. The van der Waals surface area contributed by atoms with Crippen molar-refractivity contribution in [1.29, 1.82) is 0 Å². The largest absolute Gasteiger partial charge is 0.460 e. The van der Waals surface area contributed by atoms with E-state index in [1.165, 1.54) is 6.92 Å². The third-order valence-corrected chi connectivity index (χ3v) is 3.51. The SMILES string of the molecule is CC(=O)C=Cc1c(-c2ccc(C)o2)[nH]c2cc(Cl)ccc12. The second-order valence-electron chi connectivity index (χ2n) is 4.96. The van der Waals surface area contributed by atoms with E-state index in [1.807, 2.05) is 43.3 Å². The van der Waals surface area contributed by atoms with Gasteiger partial charge in [-0.2, -0.15) is 0 Å². The van der Waals surface area contributed by atoms with E-state index in [4.69, 9.17) is 16.0 Å². The Morgan fingerprint density at radius 3 is 2.76 bits per heavy atom. The van der Waals surface area contributed by atoms with Gasteiger partial charge in [-0.1, -0.05) is 17.7 Å². The number of allylic oxidation sites excluding steroid dienone is 1. The van der Waals surface area contributed by atoms with E-state index in [0.717, 1.165) is 33.7 Å².